The summed E-state index contributed by atoms with van der Waals surface area (Å²) in [5.41, 5.74) is 0. The fraction of sp³-hybridized carbons (Fsp3) is 0.920. The van der Waals surface area contributed by atoms with Crippen molar-refractivity contribution in [3.8, 4) is 0 Å². The summed E-state index contributed by atoms with van der Waals surface area (Å²) in [6.07, 6.45) is 25.8. The fourth-order valence-electron chi connectivity index (χ4n) is 4.32. The molecular weight excluding hydrogens is 346 g/mol. The van der Waals surface area contributed by atoms with E-state index in [1.54, 1.807) is 0 Å². The van der Waals surface area contributed by atoms with E-state index in [-0.39, 0.29) is 17.7 Å². The van der Waals surface area contributed by atoms with Gasteiger partial charge in [0.15, 0.2) is 0 Å². The Hall–Kier alpha value is -0.860. The first kappa shape index (κ1) is 25.2. The Morgan fingerprint density at radius 3 is 1.54 bits per heavy atom. The van der Waals surface area contributed by atoms with Crippen LogP contribution in [0.5, 0.6) is 0 Å². The van der Waals surface area contributed by atoms with E-state index in [0.717, 1.165) is 38.5 Å². The van der Waals surface area contributed by atoms with Gasteiger partial charge in [-0.05, 0) is 19.3 Å². The lowest BCUT2D eigenvalue weighted by atomic mass is 9.88. The Morgan fingerprint density at radius 1 is 0.643 bits per heavy atom. The van der Waals surface area contributed by atoms with Gasteiger partial charge in [-0.25, -0.2) is 0 Å². The van der Waals surface area contributed by atoms with Crippen LogP contribution in [0.1, 0.15) is 142 Å². The number of hydrogen-bond donors (Lipinski definition) is 1. The molecular formula is C25H47NO2. The van der Waals surface area contributed by atoms with Gasteiger partial charge in [0.2, 0.25) is 11.8 Å². The second-order valence-electron chi connectivity index (χ2n) is 8.95. The Bertz CT molecular complexity index is 388. The van der Waals surface area contributed by atoms with E-state index in [0.29, 0.717) is 6.42 Å². The molecule has 1 rings (SSSR count). The van der Waals surface area contributed by atoms with Crippen molar-refractivity contribution in [1.29, 1.82) is 0 Å². The van der Waals surface area contributed by atoms with E-state index in [9.17, 15) is 9.59 Å². The number of hydrogen-bond acceptors (Lipinski definition) is 2. The van der Waals surface area contributed by atoms with Crippen LogP contribution in [0.25, 0.3) is 0 Å². The predicted octanol–water partition coefficient (Wildman–Crippen LogP) is 7.47. The van der Waals surface area contributed by atoms with Gasteiger partial charge in [0.1, 0.15) is 0 Å². The minimum absolute atomic E-state index is 0.0225. The third-order valence-electron chi connectivity index (χ3n) is 6.25. The van der Waals surface area contributed by atoms with Crippen molar-refractivity contribution < 1.29 is 9.59 Å². The number of carbonyl (C=O) groups is 2. The van der Waals surface area contributed by atoms with Crippen molar-refractivity contribution in [1.82, 2.24) is 5.32 Å². The van der Waals surface area contributed by atoms with Crippen molar-refractivity contribution in [2.24, 2.45) is 5.92 Å². The summed E-state index contributed by atoms with van der Waals surface area (Å²) < 4.78 is 0. The van der Waals surface area contributed by atoms with Gasteiger partial charge in [-0.2, -0.15) is 0 Å². The molecule has 0 heterocycles. The molecule has 1 fully saturated rings. The Balaban J connectivity index is 1.80. The highest BCUT2D eigenvalue weighted by atomic mass is 16.2. The van der Waals surface area contributed by atoms with E-state index < -0.39 is 0 Å². The lowest BCUT2D eigenvalue weighted by molar-refractivity contribution is -0.133. The monoisotopic (exact) mass is 393 g/mol. The normalized spacial score (nSPS) is 14.9. The number of nitrogens with one attached hydrogen (secondary N) is 1. The van der Waals surface area contributed by atoms with Crippen LogP contribution in [-0.4, -0.2) is 11.8 Å². The SMILES string of the molecule is CCCCCCCCCCCCCCCCCC(=O)NC(=O)C1CCCCC1. The van der Waals surface area contributed by atoms with Gasteiger partial charge >= 0.3 is 0 Å². The summed E-state index contributed by atoms with van der Waals surface area (Å²) >= 11 is 0. The third-order valence-corrected chi connectivity index (χ3v) is 6.25. The van der Waals surface area contributed by atoms with Crippen LogP contribution >= 0.6 is 0 Å². The summed E-state index contributed by atoms with van der Waals surface area (Å²) in [6.45, 7) is 2.28. The quantitative estimate of drug-likeness (QED) is 0.260. The van der Waals surface area contributed by atoms with Gasteiger partial charge in [-0.15, -0.1) is 0 Å². The van der Waals surface area contributed by atoms with Gasteiger partial charge in [-0.3, -0.25) is 14.9 Å². The molecule has 0 aromatic carbocycles. The maximum Gasteiger partial charge on any atom is 0.229 e. The maximum atomic E-state index is 12.0. The number of carbonyl (C=O) groups excluding carboxylic acids is 2. The standard InChI is InChI=1S/C25H47NO2/c1-2-3-4-5-6-7-8-9-10-11-12-13-14-15-19-22-24(27)26-25(28)23-20-17-16-18-21-23/h23H,2-22H2,1H3,(H,26,27,28). The van der Waals surface area contributed by atoms with Crippen molar-refractivity contribution in [3.63, 3.8) is 0 Å². The largest absolute Gasteiger partial charge is 0.296 e. The highest BCUT2D eigenvalue weighted by Gasteiger charge is 2.22. The number of amides is 2. The molecule has 0 spiro atoms. The molecule has 3 heteroatoms. The molecule has 0 saturated heterocycles. The Morgan fingerprint density at radius 2 is 1.07 bits per heavy atom. The smallest absolute Gasteiger partial charge is 0.229 e. The van der Waals surface area contributed by atoms with Crippen molar-refractivity contribution in [2.75, 3.05) is 0 Å². The summed E-state index contributed by atoms with van der Waals surface area (Å²) in [4.78, 5) is 23.9. The molecule has 164 valence electrons. The molecule has 0 unspecified atom stereocenters. The van der Waals surface area contributed by atoms with Crippen LogP contribution in [0.3, 0.4) is 0 Å². The zero-order valence-electron chi connectivity index (χ0n) is 18.7. The number of imide groups is 1. The Labute approximate surface area is 174 Å². The molecule has 1 N–H and O–H groups in total. The predicted molar refractivity (Wildman–Crippen MR) is 119 cm³/mol. The van der Waals surface area contributed by atoms with E-state index in [2.05, 4.69) is 12.2 Å². The second-order valence-corrected chi connectivity index (χ2v) is 8.95. The summed E-state index contributed by atoms with van der Waals surface area (Å²) in [7, 11) is 0. The molecule has 0 radical (unpaired) electrons. The van der Waals surface area contributed by atoms with Crippen LogP contribution in [0.2, 0.25) is 0 Å². The van der Waals surface area contributed by atoms with Crippen molar-refractivity contribution in [3.05, 3.63) is 0 Å². The van der Waals surface area contributed by atoms with Gasteiger partial charge in [-0.1, -0.05) is 116 Å². The molecule has 0 atom stereocenters. The highest BCUT2D eigenvalue weighted by Crippen LogP contribution is 2.23. The molecule has 3 nitrogen and oxygen atoms in total. The van der Waals surface area contributed by atoms with E-state index in [1.807, 2.05) is 0 Å². The Kier molecular flexibility index (Phi) is 16.4. The average Bonchev–Trinajstić information content (AvgIpc) is 2.71. The van der Waals surface area contributed by atoms with E-state index >= 15 is 0 Å². The molecule has 1 saturated carbocycles. The number of rotatable bonds is 17. The topological polar surface area (TPSA) is 46.2 Å². The van der Waals surface area contributed by atoms with Crippen LogP contribution in [0, 0.1) is 5.92 Å². The fourth-order valence-corrected chi connectivity index (χ4v) is 4.32. The first-order valence-corrected chi connectivity index (χ1v) is 12.6. The lowest BCUT2D eigenvalue weighted by Crippen LogP contribution is -2.36. The first-order chi connectivity index (χ1) is 13.7. The van der Waals surface area contributed by atoms with E-state index in [4.69, 9.17) is 0 Å². The van der Waals surface area contributed by atoms with Crippen LogP contribution in [-0.2, 0) is 9.59 Å². The first-order valence-electron chi connectivity index (χ1n) is 12.6. The zero-order valence-corrected chi connectivity index (χ0v) is 18.7. The van der Waals surface area contributed by atoms with Crippen LogP contribution < -0.4 is 5.32 Å². The maximum absolute atomic E-state index is 12.0. The minimum Gasteiger partial charge on any atom is -0.296 e. The summed E-state index contributed by atoms with van der Waals surface area (Å²) in [6, 6.07) is 0. The lowest BCUT2D eigenvalue weighted by Gasteiger charge is -2.20. The molecule has 1 aliphatic carbocycles. The molecule has 0 bridgehead atoms. The van der Waals surface area contributed by atoms with E-state index in [1.165, 1.54) is 89.9 Å². The highest BCUT2D eigenvalue weighted by molar-refractivity contribution is 5.96. The molecule has 0 aromatic heterocycles. The number of unbranched alkanes of at least 4 members (excludes halogenated alkanes) is 14. The summed E-state index contributed by atoms with van der Waals surface area (Å²) in [5, 5.41) is 2.62. The third kappa shape index (κ3) is 14.2. The van der Waals surface area contributed by atoms with Crippen molar-refractivity contribution >= 4 is 11.8 Å². The van der Waals surface area contributed by atoms with Gasteiger partial charge in [0, 0.05) is 12.3 Å². The average molecular weight is 394 g/mol. The minimum atomic E-state index is -0.0646. The molecule has 0 aromatic rings. The van der Waals surface area contributed by atoms with Crippen LogP contribution in [0.15, 0.2) is 0 Å². The van der Waals surface area contributed by atoms with Crippen LogP contribution in [0.4, 0.5) is 0 Å². The van der Waals surface area contributed by atoms with Gasteiger partial charge in [0.25, 0.3) is 0 Å². The molecule has 1 aliphatic rings. The molecule has 28 heavy (non-hydrogen) atoms. The zero-order chi connectivity index (χ0) is 20.3. The second kappa shape index (κ2) is 18.2. The summed E-state index contributed by atoms with van der Waals surface area (Å²) in [5.74, 6) is -0.00492. The van der Waals surface area contributed by atoms with Gasteiger partial charge in [0.05, 0.1) is 0 Å². The van der Waals surface area contributed by atoms with Gasteiger partial charge < -0.3 is 0 Å². The van der Waals surface area contributed by atoms with Crippen molar-refractivity contribution in [2.45, 2.75) is 142 Å². The molecule has 0 aliphatic heterocycles. The molecule has 2 amide bonds.